The first-order valence-corrected chi connectivity index (χ1v) is 4.73. The summed E-state index contributed by atoms with van der Waals surface area (Å²) in [4.78, 5) is 32.8. The molecule has 0 aliphatic carbocycles. The van der Waals surface area contributed by atoms with E-state index >= 15 is 0 Å². The standard InChI is InChI=1S/C11H12N2O3/c12-10(15)6-9(7-14)13-11(16)8-4-2-1-3-5-8/h1-5,7,9H,6H2,(H2,12,15)(H,13,16)/t9-/m1/s1. The molecule has 0 spiro atoms. The Balaban J connectivity index is 2.62. The number of primary amides is 1. The summed E-state index contributed by atoms with van der Waals surface area (Å²) in [6.07, 6.45) is 0.299. The van der Waals surface area contributed by atoms with Crippen molar-refractivity contribution in [3.63, 3.8) is 0 Å². The summed E-state index contributed by atoms with van der Waals surface area (Å²) in [5, 5.41) is 2.41. The van der Waals surface area contributed by atoms with E-state index in [0.717, 1.165) is 0 Å². The fraction of sp³-hybridized carbons (Fsp3) is 0.182. The number of amides is 2. The number of rotatable bonds is 5. The van der Waals surface area contributed by atoms with Crippen molar-refractivity contribution in [1.82, 2.24) is 5.32 Å². The van der Waals surface area contributed by atoms with Gasteiger partial charge < -0.3 is 15.8 Å². The summed E-state index contributed by atoms with van der Waals surface area (Å²) >= 11 is 0. The molecule has 3 N–H and O–H groups in total. The van der Waals surface area contributed by atoms with Gasteiger partial charge in [-0.2, -0.15) is 0 Å². The van der Waals surface area contributed by atoms with Gasteiger partial charge in [-0.3, -0.25) is 9.59 Å². The topological polar surface area (TPSA) is 89.3 Å². The Morgan fingerprint density at radius 2 is 1.94 bits per heavy atom. The Morgan fingerprint density at radius 1 is 1.31 bits per heavy atom. The molecule has 0 unspecified atom stereocenters. The van der Waals surface area contributed by atoms with Crippen LogP contribution in [0, 0.1) is 0 Å². The predicted octanol–water partition coefficient (Wildman–Crippen LogP) is -0.141. The molecule has 0 radical (unpaired) electrons. The van der Waals surface area contributed by atoms with Crippen molar-refractivity contribution < 1.29 is 14.4 Å². The summed E-state index contributed by atoms with van der Waals surface area (Å²) in [5.41, 5.74) is 5.36. The summed E-state index contributed by atoms with van der Waals surface area (Å²) in [6.45, 7) is 0. The van der Waals surface area contributed by atoms with Gasteiger partial charge in [0.05, 0.1) is 12.5 Å². The number of hydrogen-bond acceptors (Lipinski definition) is 3. The number of carbonyl (C=O) groups excluding carboxylic acids is 3. The maximum absolute atomic E-state index is 11.6. The molecule has 1 aromatic rings. The van der Waals surface area contributed by atoms with Crippen LogP contribution in [0.1, 0.15) is 16.8 Å². The van der Waals surface area contributed by atoms with Crippen molar-refractivity contribution >= 4 is 18.1 Å². The highest BCUT2D eigenvalue weighted by Gasteiger charge is 2.14. The zero-order valence-corrected chi connectivity index (χ0v) is 8.55. The molecule has 0 aliphatic rings. The molecule has 2 amide bonds. The highest BCUT2D eigenvalue weighted by Crippen LogP contribution is 1.99. The Morgan fingerprint density at radius 3 is 2.44 bits per heavy atom. The van der Waals surface area contributed by atoms with E-state index in [0.29, 0.717) is 11.8 Å². The van der Waals surface area contributed by atoms with Crippen LogP contribution in [0.15, 0.2) is 30.3 Å². The average molecular weight is 220 g/mol. The summed E-state index contributed by atoms with van der Waals surface area (Å²) < 4.78 is 0. The molecular weight excluding hydrogens is 208 g/mol. The Labute approximate surface area is 92.6 Å². The minimum absolute atomic E-state index is 0.192. The predicted molar refractivity (Wildman–Crippen MR) is 57.6 cm³/mol. The van der Waals surface area contributed by atoms with Crippen molar-refractivity contribution in [1.29, 1.82) is 0 Å². The molecule has 1 atom stereocenters. The maximum Gasteiger partial charge on any atom is 0.251 e. The van der Waals surface area contributed by atoms with Gasteiger partial charge in [-0.15, -0.1) is 0 Å². The molecule has 5 heteroatoms. The third kappa shape index (κ3) is 3.53. The van der Waals surface area contributed by atoms with Gasteiger partial charge in [0.2, 0.25) is 5.91 Å². The van der Waals surface area contributed by atoms with E-state index in [1.807, 2.05) is 0 Å². The van der Waals surface area contributed by atoms with Crippen LogP contribution < -0.4 is 11.1 Å². The van der Waals surface area contributed by atoms with Gasteiger partial charge in [0, 0.05) is 5.56 Å². The molecule has 0 bridgehead atoms. The van der Waals surface area contributed by atoms with Crippen LogP contribution >= 0.6 is 0 Å². The zero-order chi connectivity index (χ0) is 12.0. The molecule has 1 rings (SSSR count). The van der Waals surface area contributed by atoms with Crippen molar-refractivity contribution in [3.8, 4) is 0 Å². The Bertz CT molecular complexity index is 389. The minimum Gasteiger partial charge on any atom is -0.370 e. The van der Waals surface area contributed by atoms with Crippen LogP contribution in [0.2, 0.25) is 0 Å². The van der Waals surface area contributed by atoms with Gasteiger partial charge >= 0.3 is 0 Å². The Kier molecular flexibility index (Phi) is 4.20. The first kappa shape index (κ1) is 11.9. The zero-order valence-electron chi connectivity index (χ0n) is 8.55. The molecular formula is C11H12N2O3. The molecule has 1 aromatic carbocycles. The molecule has 0 aliphatic heterocycles. The summed E-state index contributed by atoms with van der Waals surface area (Å²) in [5.74, 6) is -1.04. The van der Waals surface area contributed by atoms with Crippen LogP contribution in [-0.4, -0.2) is 24.1 Å². The van der Waals surface area contributed by atoms with E-state index in [2.05, 4.69) is 5.32 Å². The summed E-state index contributed by atoms with van der Waals surface area (Å²) in [7, 11) is 0. The lowest BCUT2D eigenvalue weighted by molar-refractivity contribution is -0.120. The van der Waals surface area contributed by atoms with Crippen molar-refractivity contribution in [2.45, 2.75) is 12.5 Å². The molecule has 0 aromatic heterocycles. The smallest absolute Gasteiger partial charge is 0.251 e. The quantitative estimate of drug-likeness (QED) is 0.677. The number of nitrogens with two attached hydrogens (primary N) is 1. The molecule has 0 fully saturated rings. The highest BCUT2D eigenvalue weighted by molar-refractivity contribution is 5.96. The molecule has 0 heterocycles. The normalized spacial score (nSPS) is 11.5. The van der Waals surface area contributed by atoms with E-state index in [-0.39, 0.29) is 6.42 Å². The van der Waals surface area contributed by atoms with Crippen LogP contribution in [0.4, 0.5) is 0 Å². The average Bonchev–Trinajstić information content (AvgIpc) is 2.28. The molecule has 0 saturated heterocycles. The fourth-order valence-corrected chi connectivity index (χ4v) is 1.19. The first-order chi connectivity index (χ1) is 7.63. The minimum atomic E-state index is -0.870. The second kappa shape index (κ2) is 5.65. The number of hydrogen-bond donors (Lipinski definition) is 2. The van der Waals surface area contributed by atoms with E-state index in [4.69, 9.17) is 5.73 Å². The number of benzene rings is 1. The molecule has 0 saturated carbocycles. The number of carbonyl (C=O) groups is 3. The first-order valence-electron chi connectivity index (χ1n) is 4.73. The molecule has 16 heavy (non-hydrogen) atoms. The third-order valence-electron chi connectivity index (χ3n) is 1.94. The third-order valence-corrected chi connectivity index (χ3v) is 1.94. The van der Waals surface area contributed by atoms with Gasteiger partial charge in [-0.05, 0) is 12.1 Å². The van der Waals surface area contributed by atoms with Crippen LogP contribution in [-0.2, 0) is 9.59 Å². The van der Waals surface area contributed by atoms with E-state index in [1.54, 1.807) is 30.3 Å². The lowest BCUT2D eigenvalue weighted by Gasteiger charge is -2.10. The van der Waals surface area contributed by atoms with Gasteiger partial charge in [-0.25, -0.2) is 0 Å². The van der Waals surface area contributed by atoms with Gasteiger partial charge in [-0.1, -0.05) is 18.2 Å². The lowest BCUT2D eigenvalue weighted by Crippen LogP contribution is -2.38. The van der Waals surface area contributed by atoms with Crippen molar-refractivity contribution in [3.05, 3.63) is 35.9 Å². The van der Waals surface area contributed by atoms with Gasteiger partial charge in [0.15, 0.2) is 0 Å². The molecule has 5 nitrogen and oxygen atoms in total. The van der Waals surface area contributed by atoms with Crippen LogP contribution in [0.3, 0.4) is 0 Å². The Hall–Kier alpha value is -2.17. The molecule has 84 valence electrons. The number of nitrogens with one attached hydrogen (secondary N) is 1. The fourth-order valence-electron chi connectivity index (χ4n) is 1.19. The van der Waals surface area contributed by atoms with Gasteiger partial charge in [0.1, 0.15) is 6.29 Å². The van der Waals surface area contributed by atoms with Crippen molar-refractivity contribution in [2.75, 3.05) is 0 Å². The van der Waals surface area contributed by atoms with E-state index in [1.165, 1.54) is 0 Å². The second-order valence-corrected chi connectivity index (χ2v) is 3.25. The maximum atomic E-state index is 11.6. The second-order valence-electron chi connectivity index (χ2n) is 3.25. The van der Waals surface area contributed by atoms with Gasteiger partial charge in [0.25, 0.3) is 5.91 Å². The SMILES string of the molecule is NC(=O)C[C@H](C=O)NC(=O)c1ccccc1. The largest absolute Gasteiger partial charge is 0.370 e. The highest BCUT2D eigenvalue weighted by atomic mass is 16.2. The monoisotopic (exact) mass is 220 g/mol. The summed E-state index contributed by atoms with van der Waals surface area (Å²) in [6, 6.07) is 7.54. The van der Waals surface area contributed by atoms with Crippen molar-refractivity contribution in [2.24, 2.45) is 5.73 Å². The van der Waals surface area contributed by atoms with E-state index < -0.39 is 17.9 Å². The number of aldehydes is 1. The van der Waals surface area contributed by atoms with Crippen LogP contribution in [0.5, 0.6) is 0 Å². The van der Waals surface area contributed by atoms with E-state index in [9.17, 15) is 14.4 Å². The lowest BCUT2D eigenvalue weighted by atomic mass is 10.1. The van der Waals surface area contributed by atoms with Crippen LogP contribution in [0.25, 0.3) is 0 Å².